The number of anilines is 1. The van der Waals surface area contributed by atoms with Gasteiger partial charge in [0.05, 0.1) is 0 Å². The van der Waals surface area contributed by atoms with Gasteiger partial charge in [-0.2, -0.15) is 0 Å². The molecule has 1 aromatic carbocycles. The SMILES string of the molecule is CCCc1nc(Br)cc(NCCc2ccccc2F)n1. The maximum absolute atomic E-state index is 13.5. The van der Waals surface area contributed by atoms with Crippen LogP contribution < -0.4 is 5.32 Å². The Hall–Kier alpha value is -1.49. The molecule has 0 radical (unpaired) electrons. The summed E-state index contributed by atoms with van der Waals surface area (Å²) in [5.74, 6) is 1.42. The van der Waals surface area contributed by atoms with Crippen LogP contribution in [0.15, 0.2) is 34.9 Å². The second-order valence-corrected chi connectivity index (χ2v) is 5.32. The molecule has 0 aliphatic carbocycles. The number of halogens is 2. The Bertz CT molecular complexity index is 575. The number of hydrogen-bond donors (Lipinski definition) is 1. The molecule has 2 aromatic rings. The Balaban J connectivity index is 1.95. The number of rotatable bonds is 6. The number of hydrogen-bond acceptors (Lipinski definition) is 3. The molecule has 0 saturated carbocycles. The van der Waals surface area contributed by atoms with Crippen LogP contribution in [0.2, 0.25) is 0 Å². The Morgan fingerprint density at radius 2 is 2.00 bits per heavy atom. The minimum Gasteiger partial charge on any atom is -0.370 e. The number of nitrogens with zero attached hydrogens (tertiary/aromatic N) is 2. The second-order valence-electron chi connectivity index (χ2n) is 4.51. The molecule has 0 amide bonds. The maximum Gasteiger partial charge on any atom is 0.132 e. The lowest BCUT2D eigenvalue weighted by atomic mass is 10.1. The minimum atomic E-state index is -0.162. The smallest absolute Gasteiger partial charge is 0.132 e. The maximum atomic E-state index is 13.5. The Kier molecular flexibility index (Phi) is 5.47. The lowest BCUT2D eigenvalue weighted by Crippen LogP contribution is -2.09. The van der Waals surface area contributed by atoms with Crippen molar-refractivity contribution in [3.8, 4) is 0 Å². The van der Waals surface area contributed by atoms with Crippen molar-refractivity contribution >= 4 is 21.7 Å². The van der Waals surface area contributed by atoms with E-state index < -0.39 is 0 Å². The number of aromatic nitrogens is 2. The van der Waals surface area contributed by atoms with Gasteiger partial charge in [0, 0.05) is 19.0 Å². The summed E-state index contributed by atoms with van der Waals surface area (Å²) in [6.07, 6.45) is 2.48. The van der Waals surface area contributed by atoms with Gasteiger partial charge in [0.15, 0.2) is 0 Å². The fourth-order valence-corrected chi connectivity index (χ4v) is 2.34. The molecule has 20 heavy (non-hydrogen) atoms. The van der Waals surface area contributed by atoms with Crippen LogP contribution in [-0.2, 0) is 12.8 Å². The van der Waals surface area contributed by atoms with Crippen LogP contribution >= 0.6 is 15.9 Å². The Morgan fingerprint density at radius 3 is 2.75 bits per heavy atom. The van der Waals surface area contributed by atoms with Gasteiger partial charge in [0.2, 0.25) is 0 Å². The molecule has 3 nitrogen and oxygen atoms in total. The van der Waals surface area contributed by atoms with Gasteiger partial charge >= 0.3 is 0 Å². The first kappa shape index (κ1) is 14.9. The molecule has 0 aliphatic rings. The summed E-state index contributed by atoms with van der Waals surface area (Å²) in [4.78, 5) is 8.74. The standard InChI is InChI=1S/C15H17BrFN3/c1-2-5-14-19-13(16)10-15(20-14)18-9-8-11-6-3-4-7-12(11)17/h3-4,6-7,10H,2,5,8-9H2,1H3,(H,18,19,20). The summed E-state index contributed by atoms with van der Waals surface area (Å²) in [5.41, 5.74) is 0.710. The minimum absolute atomic E-state index is 0.162. The van der Waals surface area contributed by atoms with Crippen molar-refractivity contribution in [2.45, 2.75) is 26.2 Å². The van der Waals surface area contributed by atoms with Gasteiger partial charge in [-0.05, 0) is 40.4 Å². The summed E-state index contributed by atoms with van der Waals surface area (Å²) >= 11 is 3.38. The molecule has 106 valence electrons. The van der Waals surface area contributed by atoms with E-state index in [1.807, 2.05) is 12.1 Å². The first-order chi connectivity index (χ1) is 9.69. The van der Waals surface area contributed by atoms with E-state index in [-0.39, 0.29) is 5.82 Å². The average molecular weight is 338 g/mol. The summed E-state index contributed by atoms with van der Waals surface area (Å²) in [6.45, 7) is 2.73. The van der Waals surface area contributed by atoms with Crippen LogP contribution in [0.3, 0.4) is 0 Å². The third-order valence-corrected chi connectivity index (χ3v) is 3.28. The van der Waals surface area contributed by atoms with Crippen LogP contribution in [0.25, 0.3) is 0 Å². The average Bonchev–Trinajstić information content (AvgIpc) is 2.41. The Morgan fingerprint density at radius 1 is 1.20 bits per heavy atom. The van der Waals surface area contributed by atoms with Crippen molar-refractivity contribution in [1.82, 2.24) is 9.97 Å². The van der Waals surface area contributed by atoms with Crippen molar-refractivity contribution in [2.24, 2.45) is 0 Å². The molecule has 0 saturated heterocycles. The van der Waals surface area contributed by atoms with Crippen LogP contribution in [0, 0.1) is 5.82 Å². The van der Waals surface area contributed by atoms with E-state index in [0.717, 1.165) is 29.1 Å². The molecular weight excluding hydrogens is 321 g/mol. The quantitative estimate of drug-likeness (QED) is 0.810. The van der Waals surface area contributed by atoms with E-state index in [2.05, 4.69) is 38.1 Å². The number of benzene rings is 1. The predicted molar refractivity (Wildman–Crippen MR) is 82.3 cm³/mol. The molecule has 0 bridgehead atoms. The van der Waals surface area contributed by atoms with Crippen molar-refractivity contribution in [2.75, 3.05) is 11.9 Å². The molecule has 1 aromatic heterocycles. The third-order valence-electron chi connectivity index (χ3n) is 2.87. The highest BCUT2D eigenvalue weighted by Gasteiger charge is 2.04. The van der Waals surface area contributed by atoms with Gasteiger partial charge in [0.25, 0.3) is 0 Å². The van der Waals surface area contributed by atoms with E-state index in [1.165, 1.54) is 6.07 Å². The zero-order chi connectivity index (χ0) is 14.4. The summed E-state index contributed by atoms with van der Waals surface area (Å²) in [7, 11) is 0. The normalized spacial score (nSPS) is 10.6. The number of aryl methyl sites for hydroxylation is 1. The first-order valence-electron chi connectivity index (χ1n) is 6.69. The van der Waals surface area contributed by atoms with E-state index in [1.54, 1.807) is 12.1 Å². The van der Waals surface area contributed by atoms with Crippen LogP contribution in [-0.4, -0.2) is 16.5 Å². The van der Waals surface area contributed by atoms with Gasteiger partial charge in [-0.3, -0.25) is 0 Å². The van der Waals surface area contributed by atoms with Crippen LogP contribution in [0.5, 0.6) is 0 Å². The summed E-state index contributed by atoms with van der Waals surface area (Å²) in [5, 5.41) is 3.21. The van der Waals surface area contributed by atoms with Gasteiger partial charge in [0.1, 0.15) is 22.1 Å². The molecule has 1 heterocycles. The fraction of sp³-hybridized carbons (Fsp3) is 0.333. The molecular formula is C15H17BrFN3. The fourth-order valence-electron chi connectivity index (χ4n) is 1.92. The molecule has 1 N–H and O–H groups in total. The van der Waals surface area contributed by atoms with E-state index in [9.17, 15) is 4.39 Å². The highest BCUT2D eigenvalue weighted by molar-refractivity contribution is 9.10. The van der Waals surface area contributed by atoms with E-state index in [4.69, 9.17) is 0 Å². The molecule has 0 unspecified atom stereocenters. The molecule has 5 heteroatoms. The number of nitrogens with one attached hydrogen (secondary N) is 1. The van der Waals surface area contributed by atoms with Crippen LogP contribution in [0.1, 0.15) is 24.7 Å². The molecule has 0 aliphatic heterocycles. The van der Waals surface area contributed by atoms with Gasteiger partial charge < -0.3 is 5.32 Å². The molecule has 2 rings (SSSR count). The third kappa shape index (κ3) is 4.27. The molecule has 0 spiro atoms. The molecule has 0 atom stereocenters. The molecule has 0 fully saturated rings. The van der Waals surface area contributed by atoms with E-state index >= 15 is 0 Å². The zero-order valence-electron chi connectivity index (χ0n) is 11.4. The highest BCUT2D eigenvalue weighted by Crippen LogP contribution is 2.14. The highest BCUT2D eigenvalue weighted by atomic mass is 79.9. The van der Waals surface area contributed by atoms with E-state index in [0.29, 0.717) is 18.5 Å². The van der Waals surface area contributed by atoms with Crippen molar-refractivity contribution in [3.63, 3.8) is 0 Å². The first-order valence-corrected chi connectivity index (χ1v) is 7.49. The largest absolute Gasteiger partial charge is 0.370 e. The van der Waals surface area contributed by atoms with Crippen LogP contribution in [0.4, 0.5) is 10.2 Å². The lowest BCUT2D eigenvalue weighted by Gasteiger charge is -2.08. The predicted octanol–water partition coefficient (Wildman–Crippen LogP) is 3.99. The van der Waals surface area contributed by atoms with Gasteiger partial charge in [-0.15, -0.1) is 0 Å². The Labute approximate surface area is 126 Å². The van der Waals surface area contributed by atoms with Crippen molar-refractivity contribution in [1.29, 1.82) is 0 Å². The van der Waals surface area contributed by atoms with Gasteiger partial charge in [-0.25, -0.2) is 14.4 Å². The van der Waals surface area contributed by atoms with Gasteiger partial charge in [-0.1, -0.05) is 25.1 Å². The zero-order valence-corrected chi connectivity index (χ0v) is 13.0. The summed E-state index contributed by atoms with van der Waals surface area (Å²) in [6, 6.07) is 8.66. The lowest BCUT2D eigenvalue weighted by molar-refractivity contribution is 0.610. The van der Waals surface area contributed by atoms with Crippen molar-refractivity contribution in [3.05, 3.63) is 52.1 Å². The monoisotopic (exact) mass is 337 g/mol. The summed E-state index contributed by atoms with van der Waals surface area (Å²) < 4.78 is 14.3. The topological polar surface area (TPSA) is 37.8 Å². The van der Waals surface area contributed by atoms with Crippen molar-refractivity contribution < 1.29 is 4.39 Å². The second kappa shape index (κ2) is 7.33.